The number of unbranched alkanes of at least 4 members (excludes halogenated alkanes) is 3. The van der Waals surface area contributed by atoms with Crippen molar-refractivity contribution in [3.8, 4) is 0 Å². The maximum Gasteiger partial charge on any atom is 0.502 e. The van der Waals surface area contributed by atoms with E-state index in [2.05, 4.69) is 17.2 Å². The molecule has 0 unspecified atom stereocenters. The van der Waals surface area contributed by atoms with Crippen LogP contribution in [-0.4, -0.2) is 91.9 Å². The molecule has 0 saturated carbocycles. The van der Waals surface area contributed by atoms with E-state index in [0.717, 1.165) is 24.2 Å². The second-order valence-corrected chi connectivity index (χ2v) is 6.68. The average Bonchev–Trinajstić information content (AvgIpc) is 3.06. The van der Waals surface area contributed by atoms with Gasteiger partial charge >= 0.3 is 11.9 Å². The van der Waals surface area contributed by atoms with Gasteiger partial charge in [-0.25, -0.2) is 0 Å². The van der Waals surface area contributed by atoms with Gasteiger partial charge in [-0.2, -0.15) is 14.4 Å². The summed E-state index contributed by atoms with van der Waals surface area (Å²) >= 11 is 0. The normalized spacial score (nSPS) is 30.7. The summed E-state index contributed by atoms with van der Waals surface area (Å²) in [7, 11) is 0. The number of fused-ring (bicyclic) bond motifs is 1. The van der Waals surface area contributed by atoms with E-state index in [0.29, 0.717) is 6.42 Å². The quantitative estimate of drug-likeness (QED) is 0.262. The molecule has 0 bridgehead atoms. The third-order valence-corrected chi connectivity index (χ3v) is 4.82. The minimum Gasteiger partial charge on any atom is -0.394 e. The summed E-state index contributed by atoms with van der Waals surface area (Å²) in [4.78, 5) is 30.3. The zero-order valence-electron chi connectivity index (χ0n) is 15.0. The number of amides is 3. The summed E-state index contributed by atoms with van der Waals surface area (Å²) < 4.78 is 6.69. The summed E-state index contributed by atoms with van der Waals surface area (Å²) in [6.07, 6.45) is -1.72. The van der Waals surface area contributed by atoms with Gasteiger partial charge in [-0.3, -0.25) is 15.5 Å². The zero-order chi connectivity index (χ0) is 19.7. The minimum absolute atomic E-state index is 0.00904. The highest BCUT2D eigenvalue weighted by Crippen LogP contribution is 2.28. The van der Waals surface area contributed by atoms with Gasteiger partial charge in [-0.1, -0.05) is 19.8 Å². The number of aliphatic imine (C=N–C) groups is 1. The number of aliphatic hydroxyl groups is 3. The molecule has 1 saturated heterocycles. The molecule has 3 amide bonds. The van der Waals surface area contributed by atoms with E-state index in [1.165, 1.54) is 4.58 Å². The van der Waals surface area contributed by atoms with Crippen molar-refractivity contribution in [1.29, 1.82) is 5.41 Å². The highest BCUT2D eigenvalue weighted by Gasteiger charge is 2.59. The average molecular weight is 382 g/mol. The molecule has 0 radical (unpaired) electrons. The number of nitrogens with one attached hydrogen (secondary N) is 2. The smallest absolute Gasteiger partial charge is 0.394 e. The summed E-state index contributed by atoms with van der Waals surface area (Å²) in [6.45, 7) is 1.79. The van der Waals surface area contributed by atoms with Crippen molar-refractivity contribution in [3.63, 3.8) is 0 Å². The number of hydrogen-bond acceptors (Lipinski definition) is 7. The number of guanidine groups is 1. The Balaban J connectivity index is 1.92. The maximum atomic E-state index is 13.0. The van der Waals surface area contributed by atoms with Crippen LogP contribution in [0.5, 0.6) is 0 Å². The van der Waals surface area contributed by atoms with Crippen LogP contribution in [0.2, 0.25) is 0 Å². The molecule has 3 aliphatic rings. The lowest BCUT2D eigenvalue weighted by molar-refractivity contribution is -0.429. The SMILES string of the molecule is CCCCCC[N+]1=C2C(=O)NC(=N)N=C2N([C@@H]2O[C@H](CO)[C@@H](O)[C@H]2O)C1=O. The molecule has 0 aromatic rings. The first-order chi connectivity index (χ1) is 12.9. The van der Waals surface area contributed by atoms with Crippen LogP contribution in [0.3, 0.4) is 0 Å². The van der Waals surface area contributed by atoms with Crippen molar-refractivity contribution in [2.75, 3.05) is 13.2 Å². The summed E-state index contributed by atoms with van der Waals surface area (Å²) in [5, 5.41) is 39.4. The van der Waals surface area contributed by atoms with E-state index in [-0.39, 0.29) is 18.1 Å². The van der Waals surface area contributed by atoms with E-state index in [9.17, 15) is 24.9 Å². The van der Waals surface area contributed by atoms with Gasteiger partial charge in [0.2, 0.25) is 12.2 Å². The highest BCUT2D eigenvalue weighted by molar-refractivity contribution is 6.70. The molecule has 3 aliphatic heterocycles. The summed E-state index contributed by atoms with van der Waals surface area (Å²) in [6, 6.07) is -0.625. The molecule has 11 nitrogen and oxygen atoms in total. The number of carbonyl (C=O) groups is 2. The molecule has 27 heavy (non-hydrogen) atoms. The van der Waals surface area contributed by atoms with Gasteiger partial charge < -0.3 is 20.1 Å². The lowest BCUT2D eigenvalue weighted by atomic mass is 10.1. The van der Waals surface area contributed by atoms with Gasteiger partial charge in [0.15, 0.2) is 0 Å². The fourth-order valence-corrected chi connectivity index (χ4v) is 3.41. The molecule has 1 fully saturated rings. The van der Waals surface area contributed by atoms with Crippen molar-refractivity contribution >= 4 is 29.4 Å². The fourth-order valence-electron chi connectivity index (χ4n) is 3.41. The second-order valence-electron chi connectivity index (χ2n) is 6.68. The molecule has 3 rings (SSSR count). The Morgan fingerprint density at radius 2 is 2.00 bits per heavy atom. The van der Waals surface area contributed by atoms with Crippen LogP contribution in [0, 0.1) is 5.41 Å². The molecular formula is C16H24N5O6+. The number of rotatable bonds is 7. The van der Waals surface area contributed by atoms with Gasteiger partial charge in [0.1, 0.15) is 18.3 Å². The first kappa shape index (κ1) is 19.5. The van der Waals surface area contributed by atoms with Crippen molar-refractivity contribution in [2.45, 2.75) is 57.1 Å². The number of ether oxygens (including phenoxy) is 1. The molecular weight excluding hydrogens is 358 g/mol. The molecule has 5 N–H and O–H groups in total. The van der Waals surface area contributed by atoms with Gasteiger partial charge in [0.05, 0.1) is 13.2 Å². The predicted octanol–water partition coefficient (Wildman–Crippen LogP) is -1.64. The lowest BCUT2D eigenvalue weighted by Gasteiger charge is -2.20. The van der Waals surface area contributed by atoms with E-state index < -0.39 is 49.0 Å². The van der Waals surface area contributed by atoms with E-state index >= 15 is 0 Å². The predicted molar refractivity (Wildman–Crippen MR) is 92.6 cm³/mol. The zero-order valence-corrected chi connectivity index (χ0v) is 15.0. The third-order valence-electron chi connectivity index (χ3n) is 4.82. The van der Waals surface area contributed by atoms with Crippen LogP contribution in [0.25, 0.3) is 0 Å². The van der Waals surface area contributed by atoms with Crippen LogP contribution in [0.15, 0.2) is 4.99 Å². The Kier molecular flexibility index (Phi) is 5.65. The molecule has 4 atom stereocenters. The number of carbonyl (C=O) groups excluding carboxylic acids is 2. The highest BCUT2D eigenvalue weighted by atomic mass is 16.6. The first-order valence-corrected chi connectivity index (χ1v) is 8.99. The monoisotopic (exact) mass is 382 g/mol. The van der Waals surface area contributed by atoms with Gasteiger partial charge in [0, 0.05) is 0 Å². The molecule has 3 heterocycles. The summed E-state index contributed by atoms with van der Waals surface area (Å²) in [5.41, 5.74) is -0.00904. The Bertz CT molecular complexity index is 720. The van der Waals surface area contributed by atoms with E-state index in [1.54, 1.807) is 0 Å². The summed E-state index contributed by atoms with van der Waals surface area (Å²) in [5.74, 6) is -1.17. The van der Waals surface area contributed by atoms with Crippen LogP contribution in [0.1, 0.15) is 32.6 Å². The number of urea groups is 1. The lowest BCUT2D eigenvalue weighted by Crippen LogP contribution is -2.53. The number of aliphatic hydroxyl groups excluding tert-OH is 3. The minimum atomic E-state index is -1.49. The van der Waals surface area contributed by atoms with Crippen LogP contribution < -0.4 is 5.32 Å². The van der Waals surface area contributed by atoms with Crippen LogP contribution in [0.4, 0.5) is 4.79 Å². The Morgan fingerprint density at radius 3 is 2.63 bits per heavy atom. The van der Waals surface area contributed by atoms with E-state index in [1.807, 2.05) is 0 Å². The van der Waals surface area contributed by atoms with Crippen molar-refractivity contribution in [2.24, 2.45) is 4.99 Å². The van der Waals surface area contributed by atoms with Gasteiger partial charge in [0.25, 0.3) is 11.5 Å². The Morgan fingerprint density at radius 1 is 1.26 bits per heavy atom. The topological polar surface area (TPSA) is 159 Å². The maximum absolute atomic E-state index is 13.0. The Labute approximate surface area is 155 Å². The molecule has 0 spiro atoms. The van der Waals surface area contributed by atoms with E-state index in [4.69, 9.17) is 10.1 Å². The largest absolute Gasteiger partial charge is 0.502 e. The standard InChI is InChI=1S/C16H23N5O6/c1-2-3-4-5-6-20-9-12(18-15(17)19-13(9)25)21(16(20)26)14-11(24)10(23)8(7-22)27-14/h8,10-11,14,22-24H,2-7H2,1H3,(H-,17,19,25)/p+1/t8-,10-,11-,14-/m1/s1. The van der Waals surface area contributed by atoms with Gasteiger partial charge in [-0.15, -0.1) is 4.90 Å². The number of amidine groups is 1. The third kappa shape index (κ3) is 3.38. The molecule has 0 aliphatic carbocycles. The number of nitrogens with zero attached hydrogens (tertiary/aromatic N) is 3. The second kappa shape index (κ2) is 7.80. The fraction of sp³-hybridized carbons (Fsp3) is 0.688. The van der Waals surface area contributed by atoms with Crippen molar-refractivity contribution in [3.05, 3.63) is 0 Å². The van der Waals surface area contributed by atoms with Gasteiger partial charge in [-0.05, 0) is 12.8 Å². The molecule has 148 valence electrons. The van der Waals surface area contributed by atoms with Crippen molar-refractivity contribution in [1.82, 2.24) is 10.2 Å². The first-order valence-electron chi connectivity index (χ1n) is 8.99. The molecule has 0 aromatic heterocycles. The number of hydrogen-bond donors (Lipinski definition) is 5. The molecule has 11 heteroatoms. The molecule has 0 aromatic carbocycles. The van der Waals surface area contributed by atoms with Crippen LogP contribution >= 0.6 is 0 Å². The Hall–Kier alpha value is -2.21. The van der Waals surface area contributed by atoms with Crippen molar-refractivity contribution < 1.29 is 34.2 Å². The van der Waals surface area contributed by atoms with Crippen LogP contribution in [-0.2, 0) is 9.53 Å².